The van der Waals surface area contributed by atoms with E-state index in [1.807, 2.05) is 29.6 Å². The van der Waals surface area contributed by atoms with Crippen molar-refractivity contribution in [1.82, 2.24) is 4.68 Å². The Morgan fingerprint density at radius 1 is 1.29 bits per heavy atom. The zero-order valence-corrected chi connectivity index (χ0v) is 19.0. The van der Waals surface area contributed by atoms with E-state index < -0.39 is 0 Å². The van der Waals surface area contributed by atoms with E-state index in [2.05, 4.69) is 48.5 Å². The van der Waals surface area contributed by atoms with Gasteiger partial charge in [0.15, 0.2) is 0 Å². The van der Waals surface area contributed by atoms with Gasteiger partial charge in [-0.2, -0.15) is 5.10 Å². The minimum atomic E-state index is 0.117. The van der Waals surface area contributed by atoms with Crippen molar-refractivity contribution in [3.05, 3.63) is 73.7 Å². The number of hydrogen-bond acceptors (Lipinski definition) is 5. The van der Waals surface area contributed by atoms with E-state index >= 15 is 0 Å². The van der Waals surface area contributed by atoms with Crippen molar-refractivity contribution in [1.29, 1.82) is 0 Å². The molecule has 3 rings (SSSR count). The average Bonchev–Trinajstić information content (AvgIpc) is 3.10. The second-order valence-electron chi connectivity index (χ2n) is 5.61. The third kappa shape index (κ3) is 4.45. The maximum Gasteiger partial charge on any atom is 0.206 e. The number of thiazole rings is 1. The van der Waals surface area contributed by atoms with Crippen LogP contribution in [0.3, 0.4) is 0 Å². The van der Waals surface area contributed by atoms with Crippen LogP contribution in [0.25, 0.3) is 11.3 Å². The zero-order valence-electron chi connectivity index (χ0n) is 15.0. The number of halogens is 2. The highest BCUT2D eigenvalue weighted by Crippen LogP contribution is 2.32. The number of ether oxygens (including phenoxy) is 1. The van der Waals surface area contributed by atoms with Crippen LogP contribution in [-0.4, -0.2) is 29.7 Å². The van der Waals surface area contributed by atoms with Gasteiger partial charge in [-0.15, -0.1) is 17.9 Å². The van der Waals surface area contributed by atoms with Crippen molar-refractivity contribution in [3.63, 3.8) is 0 Å². The molecule has 0 fully saturated rings. The lowest BCUT2D eigenvalue weighted by atomic mass is 10.1. The van der Waals surface area contributed by atoms with Gasteiger partial charge in [-0.05, 0) is 40.2 Å². The van der Waals surface area contributed by atoms with Crippen LogP contribution in [-0.2, 0) is 0 Å². The number of hydrogen-bond donors (Lipinski definition) is 1. The molecule has 0 saturated carbocycles. The largest absolute Gasteiger partial charge is 0.506 e. The number of nitrogens with zero attached hydrogens (tertiary/aromatic N) is 3. The van der Waals surface area contributed by atoms with E-state index in [4.69, 9.17) is 4.74 Å². The lowest BCUT2D eigenvalue weighted by Gasteiger charge is -2.09. The highest BCUT2D eigenvalue weighted by atomic mass is 79.9. The molecule has 1 heterocycles. The molecular formula is C20H17Br2N3O2S. The SMILES string of the molecule is C=CCN=c1scc(-c2ccccc2OC)n1N=Cc1cc(Br)cc(Br)c1O. The smallest absolute Gasteiger partial charge is 0.206 e. The quantitative estimate of drug-likeness (QED) is 0.347. The summed E-state index contributed by atoms with van der Waals surface area (Å²) in [4.78, 5) is 5.24. The first-order valence-electron chi connectivity index (χ1n) is 8.22. The lowest BCUT2D eigenvalue weighted by molar-refractivity contribution is 0.416. The number of para-hydroxylation sites is 1. The van der Waals surface area contributed by atoms with E-state index in [1.165, 1.54) is 11.3 Å². The fourth-order valence-corrected chi connectivity index (χ4v) is 4.60. The fraction of sp³-hybridized carbons (Fsp3) is 0.100. The van der Waals surface area contributed by atoms with Gasteiger partial charge in [0.25, 0.3) is 0 Å². The molecule has 1 N–H and O–H groups in total. The second-order valence-corrected chi connectivity index (χ2v) is 8.22. The summed E-state index contributed by atoms with van der Waals surface area (Å²) in [5.41, 5.74) is 2.31. The monoisotopic (exact) mass is 521 g/mol. The van der Waals surface area contributed by atoms with E-state index in [9.17, 15) is 5.11 Å². The Hall–Kier alpha value is -2.16. The van der Waals surface area contributed by atoms with Gasteiger partial charge >= 0.3 is 0 Å². The Morgan fingerprint density at radius 3 is 2.82 bits per heavy atom. The van der Waals surface area contributed by atoms with Gasteiger partial charge < -0.3 is 9.84 Å². The molecular weight excluding hydrogens is 506 g/mol. The summed E-state index contributed by atoms with van der Waals surface area (Å²) >= 11 is 8.25. The summed E-state index contributed by atoms with van der Waals surface area (Å²) in [5, 5.41) is 16.9. The van der Waals surface area contributed by atoms with Crippen molar-refractivity contribution < 1.29 is 9.84 Å². The van der Waals surface area contributed by atoms with E-state index in [-0.39, 0.29) is 5.75 Å². The molecule has 0 radical (unpaired) electrons. The molecule has 0 aliphatic carbocycles. The highest BCUT2D eigenvalue weighted by Gasteiger charge is 2.12. The fourth-order valence-electron chi connectivity index (χ4n) is 2.51. The number of rotatable bonds is 6. The van der Waals surface area contributed by atoms with Crippen molar-refractivity contribution in [2.24, 2.45) is 10.1 Å². The van der Waals surface area contributed by atoms with Crippen LogP contribution in [0.4, 0.5) is 0 Å². The number of aromatic nitrogens is 1. The van der Waals surface area contributed by atoms with Gasteiger partial charge in [0, 0.05) is 21.0 Å². The van der Waals surface area contributed by atoms with Crippen LogP contribution in [0.5, 0.6) is 11.5 Å². The topological polar surface area (TPSA) is 59.1 Å². The first kappa shape index (κ1) is 20.6. The summed E-state index contributed by atoms with van der Waals surface area (Å²) in [7, 11) is 1.64. The molecule has 28 heavy (non-hydrogen) atoms. The van der Waals surface area contributed by atoms with Crippen LogP contribution < -0.4 is 9.54 Å². The summed E-state index contributed by atoms with van der Waals surface area (Å²) in [6.07, 6.45) is 3.33. The number of phenolic OH excluding ortho intramolecular Hbond substituents is 1. The molecule has 0 amide bonds. The van der Waals surface area contributed by atoms with Gasteiger partial charge in [0.1, 0.15) is 11.5 Å². The molecule has 3 aromatic rings. The maximum absolute atomic E-state index is 10.3. The average molecular weight is 523 g/mol. The third-order valence-corrected chi connectivity index (χ3v) is 5.71. The van der Waals surface area contributed by atoms with Crippen LogP contribution in [0.15, 0.2) is 73.5 Å². The lowest BCUT2D eigenvalue weighted by Crippen LogP contribution is -2.12. The molecule has 8 heteroatoms. The van der Waals surface area contributed by atoms with Crippen LogP contribution in [0, 0.1) is 0 Å². The summed E-state index contributed by atoms with van der Waals surface area (Å²) in [6.45, 7) is 4.20. The number of methoxy groups -OCH3 is 1. The molecule has 0 bridgehead atoms. The number of aromatic hydroxyl groups is 1. The molecule has 0 spiro atoms. The van der Waals surface area contributed by atoms with Gasteiger partial charge in [0.05, 0.1) is 30.0 Å². The predicted molar refractivity (Wildman–Crippen MR) is 121 cm³/mol. The number of phenols is 1. The Kier molecular flexibility index (Phi) is 6.88. The van der Waals surface area contributed by atoms with Crippen molar-refractivity contribution >= 4 is 49.4 Å². The summed E-state index contributed by atoms with van der Waals surface area (Å²) < 4.78 is 8.65. The maximum atomic E-state index is 10.3. The standard InChI is InChI=1S/C20H17Br2N3O2S/c1-3-8-23-20-25(24-11-13-9-14(21)10-16(22)19(13)26)17(12-28-20)15-6-4-5-7-18(15)27-2/h3-7,9-12,26H,1,8H2,2H3. The molecule has 0 saturated heterocycles. The summed E-state index contributed by atoms with van der Waals surface area (Å²) in [6, 6.07) is 11.3. The Labute approximate surface area is 183 Å². The first-order chi connectivity index (χ1) is 13.5. The van der Waals surface area contributed by atoms with E-state index in [0.29, 0.717) is 21.4 Å². The van der Waals surface area contributed by atoms with Crippen LogP contribution >= 0.6 is 43.2 Å². The Bertz CT molecular complexity index is 1100. The molecule has 144 valence electrons. The van der Waals surface area contributed by atoms with Crippen molar-refractivity contribution in [3.8, 4) is 22.8 Å². The minimum Gasteiger partial charge on any atom is -0.506 e. The molecule has 1 aromatic heterocycles. The second kappa shape index (κ2) is 9.36. The Balaban J connectivity index is 2.16. The molecule has 0 unspecified atom stereocenters. The number of benzene rings is 2. The molecule has 5 nitrogen and oxygen atoms in total. The van der Waals surface area contributed by atoms with Gasteiger partial charge in [-0.25, -0.2) is 4.68 Å². The summed E-state index contributed by atoms with van der Waals surface area (Å²) in [5.74, 6) is 0.860. The first-order valence-corrected chi connectivity index (χ1v) is 10.7. The Morgan fingerprint density at radius 2 is 2.07 bits per heavy atom. The van der Waals surface area contributed by atoms with Crippen LogP contribution in [0.1, 0.15) is 5.56 Å². The van der Waals surface area contributed by atoms with Gasteiger partial charge in [0.2, 0.25) is 4.80 Å². The van der Waals surface area contributed by atoms with E-state index in [1.54, 1.807) is 36.2 Å². The third-order valence-electron chi connectivity index (χ3n) is 3.79. The minimum absolute atomic E-state index is 0.117. The van der Waals surface area contributed by atoms with Gasteiger partial charge in [-0.1, -0.05) is 34.1 Å². The molecule has 0 aliphatic heterocycles. The van der Waals surface area contributed by atoms with Gasteiger partial charge in [-0.3, -0.25) is 4.99 Å². The van der Waals surface area contributed by atoms with Crippen molar-refractivity contribution in [2.45, 2.75) is 0 Å². The molecule has 0 aliphatic rings. The van der Waals surface area contributed by atoms with E-state index in [0.717, 1.165) is 21.5 Å². The zero-order chi connectivity index (χ0) is 20.1. The van der Waals surface area contributed by atoms with Crippen LogP contribution in [0.2, 0.25) is 0 Å². The van der Waals surface area contributed by atoms with Crippen molar-refractivity contribution in [2.75, 3.05) is 13.7 Å². The molecule has 2 aromatic carbocycles. The molecule has 0 atom stereocenters. The normalized spacial score (nSPS) is 11.9. The predicted octanol–water partition coefficient (Wildman–Crippen LogP) is 5.42. The highest BCUT2D eigenvalue weighted by molar-refractivity contribution is 9.11.